The van der Waals surface area contributed by atoms with Crippen molar-refractivity contribution in [2.45, 2.75) is 6.42 Å². The number of hydrogen-bond donors (Lipinski definition) is 1. The second-order valence-electron chi connectivity index (χ2n) is 4.04. The van der Waals surface area contributed by atoms with Crippen LogP contribution in [0.2, 0.25) is 0 Å². The fourth-order valence-electron chi connectivity index (χ4n) is 1.53. The molecular weight excluding hydrogens is 236 g/mol. The quantitative estimate of drug-likeness (QED) is 0.785. The van der Waals surface area contributed by atoms with Gasteiger partial charge >= 0.3 is 0 Å². The highest BCUT2D eigenvalue weighted by Crippen LogP contribution is 2.34. The fourth-order valence-corrected chi connectivity index (χ4v) is 1.53. The average molecular weight is 252 g/mol. The molecule has 2 rings (SSSR count). The van der Waals surface area contributed by atoms with Crippen LogP contribution in [0.15, 0.2) is 18.2 Å². The Labute approximate surface area is 105 Å². The molecular formula is C12H16N2O4. The fraction of sp³-hybridized carbons (Fsp3) is 0.417. The third-order valence-corrected chi connectivity index (χ3v) is 2.29. The molecule has 0 unspecified atom stereocenters. The molecule has 0 fully saturated rings. The van der Waals surface area contributed by atoms with Crippen LogP contribution in [-0.4, -0.2) is 38.4 Å². The predicted molar refractivity (Wildman–Crippen MR) is 64.5 cm³/mol. The molecule has 0 radical (unpaired) electrons. The zero-order chi connectivity index (χ0) is 13.0. The molecule has 0 bridgehead atoms. The molecule has 1 aliphatic rings. The SMILES string of the molecule is CN(C)NC(=O)CCOc1ccc2c(c1)OCO2. The second-order valence-corrected chi connectivity index (χ2v) is 4.04. The Morgan fingerprint density at radius 3 is 2.94 bits per heavy atom. The summed E-state index contributed by atoms with van der Waals surface area (Å²) in [5.41, 5.74) is 2.64. The van der Waals surface area contributed by atoms with Gasteiger partial charge in [-0.25, -0.2) is 5.01 Å². The van der Waals surface area contributed by atoms with Crippen molar-refractivity contribution in [3.05, 3.63) is 18.2 Å². The molecule has 1 heterocycles. The van der Waals surface area contributed by atoms with Gasteiger partial charge in [-0.1, -0.05) is 0 Å². The van der Waals surface area contributed by atoms with E-state index in [0.717, 1.165) is 0 Å². The van der Waals surface area contributed by atoms with Crippen molar-refractivity contribution in [2.24, 2.45) is 0 Å². The molecule has 1 amide bonds. The molecule has 0 saturated heterocycles. The summed E-state index contributed by atoms with van der Waals surface area (Å²) >= 11 is 0. The van der Waals surface area contributed by atoms with E-state index in [0.29, 0.717) is 30.3 Å². The number of fused-ring (bicyclic) bond motifs is 1. The van der Waals surface area contributed by atoms with Crippen molar-refractivity contribution in [3.8, 4) is 17.2 Å². The van der Waals surface area contributed by atoms with E-state index < -0.39 is 0 Å². The van der Waals surface area contributed by atoms with Gasteiger partial charge in [-0.15, -0.1) is 0 Å². The van der Waals surface area contributed by atoms with Crippen LogP contribution in [0, 0.1) is 0 Å². The lowest BCUT2D eigenvalue weighted by atomic mass is 10.3. The molecule has 0 atom stereocenters. The smallest absolute Gasteiger partial charge is 0.237 e. The minimum atomic E-state index is -0.0826. The van der Waals surface area contributed by atoms with Crippen LogP contribution in [-0.2, 0) is 4.79 Å². The van der Waals surface area contributed by atoms with Gasteiger partial charge < -0.3 is 14.2 Å². The molecule has 6 nitrogen and oxygen atoms in total. The van der Waals surface area contributed by atoms with Gasteiger partial charge in [0.1, 0.15) is 5.75 Å². The lowest BCUT2D eigenvalue weighted by molar-refractivity contribution is -0.125. The first-order valence-corrected chi connectivity index (χ1v) is 5.64. The number of ether oxygens (including phenoxy) is 3. The monoisotopic (exact) mass is 252 g/mol. The normalized spacial score (nSPS) is 12.6. The number of carbonyl (C=O) groups excluding carboxylic acids is 1. The second kappa shape index (κ2) is 5.59. The Morgan fingerprint density at radius 2 is 2.17 bits per heavy atom. The average Bonchev–Trinajstić information content (AvgIpc) is 2.75. The number of amides is 1. The summed E-state index contributed by atoms with van der Waals surface area (Å²) in [5.74, 6) is 1.97. The molecule has 98 valence electrons. The molecule has 1 aliphatic heterocycles. The maximum atomic E-state index is 11.4. The zero-order valence-corrected chi connectivity index (χ0v) is 10.4. The Morgan fingerprint density at radius 1 is 1.39 bits per heavy atom. The maximum Gasteiger partial charge on any atom is 0.237 e. The number of nitrogens with one attached hydrogen (secondary N) is 1. The van der Waals surface area contributed by atoms with Crippen molar-refractivity contribution < 1.29 is 19.0 Å². The third-order valence-electron chi connectivity index (χ3n) is 2.29. The largest absolute Gasteiger partial charge is 0.493 e. The Kier molecular flexibility index (Phi) is 3.88. The first-order chi connectivity index (χ1) is 8.65. The molecule has 0 saturated carbocycles. The number of carbonyl (C=O) groups is 1. The summed E-state index contributed by atoms with van der Waals surface area (Å²) in [6.07, 6.45) is 0.298. The summed E-state index contributed by atoms with van der Waals surface area (Å²) in [4.78, 5) is 11.4. The van der Waals surface area contributed by atoms with Crippen molar-refractivity contribution in [2.75, 3.05) is 27.5 Å². The van der Waals surface area contributed by atoms with Crippen LogP contribution in [0.25, 0.3) is 0 Å². The number of benzene rings is 1. The van der Waals surface area contributed by atoms with Gasteiger partial charge in [0.25, 0.3) is 0 Å². The highest BCUT2D eigenvalue weighted by atomic mass is 16.7. The molecule has 18 heavy (non-hydrogen) atoms. The standard InChI is InChI=1S/C12H16N2O4/c1-14(2)13-12(15)5-6-16-9-3-4-10-11(7-9)18-8-17-10/h3-4,7H,5-6,8H2,1-2H3,(H,13,15). The van der Waals surface area contributed by atoms with Crippen molar-refractivity contribution in [3.63, 3.8) is 0 Å². The van der Waals surface area contributed by atoms with Gasteiger partial charge in [0.15, 0.2) is 11.5 Å². The van der Waals surface area contributed by atoms with E-state index in [2.05, 4.69) is 5.43 Å². The number of rotatable bonds is 5. The lowest BCUT2D eigenvalue weighted by Gasteiger charge is -2.12. The summed E-state index contributed by atoms with van der Waals surface area (Å²) < 4.78 is 15.9. The van der Waals surface area contributed by atoms with E-state index in [4.69, 9.17) is 14.2 Å². The maximum absolute atomic E-state index is 11.4. The van der Waals surface area contributed by atoms with Crippen molar-refractivity contribution >= 4 is 5.91 Å². The first kappa shape index (κ1) is 12.5. The van der Waals surface area contributed by atoms with Crippen molar-refractivity contribution in [1.29, 1.82) is 0 Å². The highest BCUT2D eigenvalue weighted by Gasteiger charge is 2.13. The third kappa shape index (κ3) is 3.27. The minimum Gasteiger partial charge on any atom is -0.493 e. The van der Waals surface area contributed by atoms with Crippen LogP contribution in [0.3, 0.4) is 0 Å². The number of nitrogens with zero attached hydrogens (tertiary/aromatic N) is 1. The zero-order valence-electron chi connectivity index (χ0n) is 10.4. The molecule has 0 spiro atoms. The first-order valence-electron chi connectivity index (χ1n) is 5.64. The Hall–Kier alpha value is -1.95. The lowest BCUT2D eigenvalue weighted by Crippen LogP contribution is -2.36. The highest BCUT2D eigenvalue weighted by molar-refractivity contribution is 5.75. The number of hydrogen-bond acceptors (Lipinski definition) is 5. The molecule has 1 N–H and O–H groups in total. The van der Waals surface area contributed by atoms with Gasteiger partial charge in [-0.3, -0.25) is 10.2 Å². The van der Waals surface area contributed by atoms with Gasteiger partial charge in [-0.05, 0) is 12.1 Å². The summed E-state index contributed by atoms with van der Waals surface area (Å²) in [5, 5.41) is 1.60. The van der Waals surface area contributed by atoms with Gasteiger partial charge in [0.2, 0.25) is 12.7 Å². The van der Waals surface area contributed by atoms with Gasteiger partial charge in [0, 0.05) is 20.2 Å². The predicted octanol–water partition coefficient (Wildman–Crippen LogP) is 0.777. The van der Waals surface area contributed by atoms with Crippen LogP contribution in [0.4, 0.5) is 0 Å². The van der Waals surface area contributed by atoms with Crippen molar-refractivity contribution in [1.82, 2.24) is 10.4 Å². The van der Waals surface area contributed by atoms with E-state index >= 15 is 0 Å². The molecule has 6 heteroatoms. The van der Waals surface area contributed by atoms with Crippen LogP contribution in [0.5, 0.6) is 17.2 Å². The van der Waals surface area contributed by atoms with E-state index in [1.165, 1.54) is 0 Å². The van der Waals surface area contributed by atoms with E-state index in [1.54, 1.807) is 37.3 Å². The number of hydrazine groups is 1. The van der Waals surface area contributed by atoms with E-state index in [-0.39, 0.29) is 12.7 Å². The van der Waals surface area contributed by atoms with Gasteiger partial charge in [-0.2, -0.15) is 0 Å². The van der Waals surface area contributed by atoms with E-state index in [1.807, 2.05) is 0 Å². The van der Waals surface area contributed by atoms with Crippen LogP contribution < -0.4 is 19.6 Å². The van der Waals surface area contributed by atoms with Gasteiger partial charge in [0.05, 0.1) is 13.0 Å². The molecule has 1 aromatic rings. The Balaban J connectivity index is 1.78. The topological polar surface area (TPSA) is 60.0 Å². The summed E-state index contributed by atoms with van der Waals surface area (Å²) in [7, 11) is 3.52. The molecule has 0 aliphatic carbocycles. The molecule has 0 aromatic heterocycles. The van der Waals surface area contributed by atoms with Crippen LogP contribution in [0.1, 0.15) is 6.42 Å². The van der Waals surface area contributed by atoms with E-state index in [9.17, 15) is 4.79 Å². The summed E-state index contributed by atoms with van der Waals surface area (Å²) in [6, 6.07) is 5.33. The summed E-state index contributed by atoms with van der Waals surface area (Å²) in [6.45, 7) is 0.559. The molecule has 1 aromatic carbocycles. The Bertz CT molecular complexity index is 434. The van der Waals surface area contributed by atoms with Crippen LogP contribution >= 0.6 is 0 Å². The minimum absolute atomic E-state index is 0.0826.